The van der Waals surface area contributed by atoms with E-state index in [4.69, 9.17) is 14.5 Å². The number of amides is 1. The molecular formula is C21H19N5O3. The van der Waals surface area contributed by atoms with E-state index in [-0.39, 0.29) is 35.3 Å². The third kappa shape index (κ3) is 4.41. The third-order valence-electron chi connectivity index (χ3n) is 4.86. The number of nitrogens with zero attached hydrogens (tertiary/aromatic N) is 4. The van der Waals surface area contributed by atoms with Crippen LogP contribution in [0.3, 0.4) is 0 Å². The summed E-state index contributed by atoms with van der Waals surface area (Å²) in [6.07, 6.45) is 5.95. The molecule has 1 N–H and O–H groups in total. The van der Waals surface area contributed by atoms with Gasteiger partial charge < -0.3 is 14.6 Å². The van der Waals surface area contributed by atoms with Crippen LogP contribution >= 0.6 is 0 Å². The molecule has 1 aliphatic rings. The highest BCUT2D eigenvalue weighted by atomic mass is 16.5. The molecular weight excluding hydrogens is 370 g/mol. The summed E-state index contributed by atoms with van der Waals surface area (Å²) >= 11 is 0. The van der Waals surface area contributed by atoms with Crippen LogP contribution in [0.25, 0.3) is 11.3 Å². The highest BCUT2D eigenvalue weighted by Crippen LogP contribution is 2.25. The number of benzene rings is 1. The first-order valence-corrected chi connectivity index (χ1v) is 9.43. The summed E-state index contributed by atoms with van der Waals surface area (Å²) in [5.74, 6) is 0.574. The van der Waals surface area contributed by atoms with Gasteiger partial charge in [0, 0.05) is 30.1 Å². The molecule has 146 valence electrons. The van der Waals surface area contributed by atoms with E-state index in [0.717, 1.165) is 31.2 Å². The van der Waals surface area contributed by atoms with Crippen LogP contribution in [0, 0.1) is 11.3 Å². The zero-order valence-electron chi connectivity index (χ0n) is 15.6. The molecule has 8 heteroatoms. The fraction of sp³-hybridized carbons (Fsp3) is 0.286. The number of carbonyl (C=O) groups is 1. The maximum absolute atomic E-state index is 12.5. The van der Waals surface area contributed by atoms with Crippen LogP contribution in [0.5, 0.6) is 5.88 Å². The molecule has 0 spiro atoms. The monoisotopic (exact) mass is 389 g/mol. The number of nitriles is 1. The van der Waals surface area contributed by atoms with Gasteiger partial charge in [-0.25, -0.2) is 9.97 Å². The van der Waals surface area contributed by atoms with Crippen LogP contribution in [0.2, 0.25) is 0 Å². The Kier molecular flexibility index (Phi) is 5.47. The molecule has 3 aromatic rings. The summed E-state index contributed by atoms with van der Waals surface area (Å²) in [5.41, 5.74) is 1.32. The van der Waals surface area contributed by atoms with Crippen molar-refractivity contribution >= 4 is 5.91 Å². The maximum Gasteiger partial charge on any atom is 0.273 e. The van der Waals surface area contributed by atoms with Gasteiger partial charge in [0.1, 0.15) is 12.2 Å². The normalized spacial score (nSPS) is 18.6. The fourth-order valence-electron chi connectivity index (χ4n) is 3.35. The molecule has 1 saturated carbocycles. The van der Waals surface area contributed by atoms with Crippen molar-refractivity contribution in [2.45, 2.75) is 37.8 Å². The SMILES string of the molecule is N#Cc1nccnc1OC1CCC(NC(=O)c2cc(-c3ccccc3)on2)CC1. The molecule has 1 fully saturated rings. The van der Waals surface area contributed by atoms with E-state index in [0.29, 0.717) is 5.76 Å². The predicted octanol–water partition coefficient (Wildman–Crippen LogP) is 3.12. The zero-order chi connectivity index (χ0) is 20.1. The van der Waals surface area contributed by atoms with Crippen LogP contribution in [0.4, 0.5) is 0 Å². The quantitative estimate of drug-likeness (QED) is 0.713. The average molecular weight is 389 g/mol. The van der Waals surface area contributed by atoms with Gasteiger partial charge in [0.15, 0.2) is 11.5 Å². The summed E-state index contributed by atoms with van der Waals surface area (Å²) in [6.45, 7) is 0. The smallest absolute Gasteiger partial charge is 0.273 e. The molecule has 29 heavy (non-hydrogen) atoms. The first kappa shape index (κ1) is 18.6. The van der Waals surface area contributed by atoms with Crippen LogP contribution in [-0.2, 0) is 0 Å². The largest absolute Gasteiger partial charge is 0.472 e. The lowest BCUT2D eigenvalue weighted by Crippen LogP contribution is -2.39. The summed E-state index contributed by atoms with van der Waals surface area (Å²) in [6, 6.07) is 13.2. The van der Waals surface area contributed by atoms with Crippen molar-refractivity contribution in [2.75, 3.05) is 0 Å². The maximum atomic E-state index is 12.5. The fourth-order valence-corrected chi connectivity index (χ4v) is 3.35. The second-order valence-electron chi connectivity index (χ2n) is 6.83. The van der Waals surface area contributed by atoms with E-state index >= 15 is 0 Å². The Morgan fingerprint density at radius 1 is 1.14 bits per heavy atom. The molecule has 0 saturated heterocycles. The molecule has 8 nitrogen and oxygen atoms in total. The van der Waals surface area contributed by atoms with Crippen molar-refractivity contribution in [1.82, 2.24) is 20.4 Å². The van der Waals surface area contributed by atoms with E-state index < -0.39 is 0 Å². The van der Waals surface area contributed by atoms with E-state index in [2.05, 4.69) is 20.4 Å². The standard InChI is InChI=1S/C21H19N5O3/c22-13-18-21(24-11-10-23-18)28-16-8-6-15(7-9-16)25-20(27)17-12-19(29-26-17)14-4-2-1-3-5-14/h1-5,10-12,15-16H,6-9H2,(H,25,27). The lowest BCUT2D eigenvalue weighted by Gasteiger charge is -2.29. The van der Waals surface area contributed by atoms with Crippen molar-refractivity contribution in [3.05, 3.63) is 60.2 Å². The topological polar surface area (TPSA) is 114 Å². The molecule has 2 aromatic heterocycles. The molecule has 0 bridgehead atoms. The first-order valence-electron chi connectivity index (χ1n) is 9.43. The molecule has 0 radical (unpaired) electrons. The van der Waals surface area contributed by atoms with Gasteiger partial charge >= 0.3 is 0 Å². The second-order valence-corrected chi connectivity index (χ2v) is 6.83. The van der Waals surface area contributed by atoms with Crippen molar-refractivity contribution in [2.24, 2.45) is 0 Å². The summed E-state index contributed by atoms with van der Waals surface area (Å²) in [7, 11) is 0. The van der Waals surface area contributed by atoms with Crippen LogP contribution in [0.15, 0.2) is 53.3 Å². The van der Waals surface area contributed by atoms with E-state index in [9.17, 15) is 4.79 Å². The number of hydrogen-bond acceptors (Lipinski definition) is 7. The van der Waals surface area contributed by atoms with Gasteiger partial charge in [-0.3, -0.25) is 4.79 Å². The Balaban J connectivity index is 1.30. The Bertz CT molecular complexity index is 1020. The molecule has 1 aromatic carbocycles. The Labute approximate surface area is 167 Å². The molecule has 4 rings (SSSR count). The number of nitrogens with one attached hydrogen (secondary N) is 1. The van der Waals surface area contributed by atoms with E-state index in [1.807, 2.05) is 36.4 Å². The van der Waals surface area contributed by atoms with Gasteiger partial charge in [-0.05, 0) is 25.7 Å². The van der Waals surface area contributed by atoms with Crippen LogP contribution in [-0.4, -0.2) is 33.2 Å². The van der Waals surface area contributed by atoms with Crippen molar-refractivity contribution in [3.8, 4) is 23.3 Å². The van der Waals surface area contributed by atoms with Gasteiger partial charge in [0.25, 0.3) is 11.8 Å². The van der Waals surface area contributed by atoms with Gasteiger partial charge in [-0.15, -0.1) is 0 Å². The highest BCUT2D eigenvalue weighted by Gasteiger charge is 2.26. The van der Waals surface area contributed by atoms with Gasteiger partial charge in [0.05, 0.1) is 0 Å². The van der Waals surface area contributed by atoms with E-state index in [1.165, 1.54) is 12.4 Å². The van der Waals surface area contributed by atoms with Crippen molar-refractivity contribution in [3.63, 3.8) is 0 Å². The van der Waals surface area contributed by atoms with E-state index in [1.54, 1.807) is 6.07 Å². The minimum atomic E-state index is -0.249. The van der Waals surface area contributed by atoms with Crippen molar-refractivity contribution in [1.29, 1.82) is 5.26 Å². The molecule has 0 unspecified atom stereocenters. The molecule has 2 heterocycles. The number of rotatable bonds is 5. The average Bonchev–Trinajstić information content (AvgIpc) is 3.27. The lowest BCUT2D eigenvalue weighted by atomic mass is 9.93. The summed E-state index contributed by atoms with van der Waals surface area (Å²) in [4.78, 5) is 20.5. The number of carbonyl (C=O) groups excluding carboxylic acids is 1. The minimum Gasteiger partial charge on any atom is -0.472 e. The van der Waals surface area contributed by atoms with Crippen LogP contribution < -0.4 is 10.1 Å². The molecule has 1 amide bonds. The number of aromatic nitrogens is 3. The van der Waals surface area contributed by atoms with Gasteiger partial charge in [-0.2, -0.15) is 5.26 Å². The molecule has 0 atom stereocenters. The first-order chi connectivity index (χ1) is 14.2. The van der Waals surface area contributed by atoms with Gasteiger partial charge in [0.2, 0.25) is 5.69 Å². The Morgan fingerprint density at radius 3 is 2.66 bits per heavy atom. The minimum absolute atomic E-state index is 0.0384. The Morgan fingerprint density at radius 2 is 1.90 bits per heavy atom. The summed E-state index contributed by atoms with van der Waals surface area (Å²) < 4.78 is 11.1. The second kappa shape index (κ2) is 8.52. The summed E-state index contributed by atoms with van der Waals surface area (Å²) in [5, 5.41) is 16.0. The number of ether oxygens (including phenoxy) is 1. The van der Waals surface area contributed by atoms with Gasteiger partial charge in [-0.1, -0.05) is 35.5 Å². The Hall–Kier alpha value is -3.73. The number of hydrogen-bond donors (Lipinski definition) is 1. The highest BCUT2D eigenvalue weighted by molar-refractivity contribution is 5.93. The lowest BCUT2D eigenvalue weighted by molar-refractivity contribution is 0.0881. The zero-order valence-corrected chi connectivity index (χ0v) is 15.6. The third-order valence-corrected chi connectivity index (χ3v) is 4.86. The predicted molar refractivity (Wildman–Crippen MR) is 103 cm³/mol. The van der Waals surface area contributed by atoms with Crippen molar-refractivity contribution < 1.29 is 14.1 Å². The molecule has 1 aliphatic carbocycles. The molecule has 0 aliphatic heterocycles. The van der Waals surface area contributed by atoms with Crippen LogP contribution in [0.1, 0.15) is 41.9 Å².